The number of hydrogen-bond acceptors (Lipinski definition) is 9. The van der Waals surface area contributed by atoms with Crippen LogP contribution in [0.5, 0.6) is 0 Å². The number of hydrogen-bond donors (Lipinski definition) is 5. The van der Waals surface area contributed by atoms with Crippen LogP contribution in [-0.4, -0.2) is 82.4 Å². The average Bonchev–Trinajstić information content (AvgIpc) is 3.50. The molecule has 236 valence electrons. The summed E-state index contributed by atoms with van der Waals surface area (Å²) >= 11 is 0. The molecule has 0 spiro atoms. The van der Waals surface area contributed by atoms with Gasteiger partial charge in [-0.1, -0.05) is 12.7 Å². The van der Waals surface area contributed by atoms with Crippen molar-refractivity contribution in [3.8, 4) is 0 Å². The number of imide groups is 1. The Morgan fingerprint density at radius 2 is 1.95 bits per heavy atom. The van der Waals surface area contributed by atoms with Gasteiger partial charge in [0.25, 0.3) is 0 Å². The van der Waals surface area contributed by atoms with Gasteiger partial charge in [0.05, 0.1) is 29.9 Å². The highest BCUT2D eigenvalue weighted by Gasteiger charge is 2.37. The summed E-state index contributed by atoms with van der Waals surface area (Å²) in [5.41, 5.74) is 7.39. The molecule has 0 saturated carbocycles. The number of aromatic nitrogens is 2. The molecule has 5 N–H and O–H groups in total. The Balaban J connectivity index is 1.09. The lowest BCUT2D eigenvalue weighted by Crippen LogP contribution is -2.49. The first-order chi connectivity index (χ1) is 21.2. The zero-order chi connectivity index (χ0) is 31.3. The molecule has 13 heteroatoms. The number of allylic oxidation sites excluding steroid dienone is 2. The van der Waals surface area contributed by atoms with Crippen molar-refractivity contribution in [2.75, 3.05) is 43.4 Å². The molecule has 2 aromatic rings. The lowest BCUT2D eigenvalue weighted by Gasteiger charge is -2.40. The molecule has 3 aliphatic rings. The Morgan fingerprint density at radius 3 is 2.61 bits per heavy atom. The molecule has 0 radical (unpaired) electrons. The molecule has 1 aromatic heterocycles. The van der Waals surface area contributed by atoms with E-state index in [1.807, 2.05) is 33.1 Å². The van der Waals surface area contributed by atoms with Crippen LogP contribution >= 0.6 is 0 Å². The standard InChI is InChI=1S/C31H41FN8O4/c1-3-21(18-34-33-2)22-19-35-40(20-22)24-8-12-39(13-9-24)29(42)17-31(44)10-14-38(15-11-31)27-6-4-23(16-25(27)32)36-26-5-7-28(41)37-30(26)43/h3-4,6,16,18-20,24,26,33-34,36,44H,1,5,7-15,17H2,2H3,(H,37,41,43)/b21-18+. The van der Waals surface area contributed by atoms with E-state index in [1.54, 1.807) is 25.3 Å². The molecule has 12 nitrogen and oxygen atoms in total. The summed E-state index contributed by atoms with van der Waals surface area (Å²) in [6, 6.07) is 4.29. The van der Waals surface area contributed by atoms with E-state index in [9.17, 15) is 19.5 Å². The van der Waals surface area contributed by atoms with Gasteiger partial charge < -0.3 is 25.6 Å². The Morgan fingerprint density at radius 1 is 1.20 bits per heavy atom. The van der Waals surface area contributed by atoms with E-state index in [2.05, 4.69) is 33.2 Å². The SMILES string of the molecule is C=C/C(=C\NNC)c1cnn(C2CCN(C(=O)CC3(O)CCN(c4ccc(NC5CCC(=O)NC5=O)cc4F)CC3)CC2)c1. The summed E-state index contributed by atoms with van der Waals surface area (Å²) in [6.45, 7) is 5.88. The van der Waals surface area contributed by atoms with Crippen molar-refractivity contribution in [3.63, 3.8) is 0 Å². The summed E-state index contributed by atoms with van der Waals surface area (Å²) in [5.74, 6) is -1.23. The Labute approximate surface area is 256 Å². The van der Waals surface area contributed by atoms with E-state index in [1.165, 1.54) is 6.07 Å². The van der Waals surface area contributed by atoms with Crippen molar-refractivity contribution in [3.05, 3.63) is 60.8 Å². The van der Waals surface area contributed by atoms with E-state index >= 15 is 4.39 Å². The third-order valence-electron chi connectivity index (χ3n) is 8.76. The third kappa shape index (κ3) is 7.28. The van der Waals surface area contributed by atoms with Gasteiger partial charge in [-0.15, -0.1) is 0 Å². The summed E-state index contributed by atoms with van der Waals surface area (Å²) in [4.78, 5) is 40.3. The van der Waals surface area contributed by atoms with Gasteiger partial charge in [0.1, 0.15) is 11.9 Å². The number of amides is 3. The molecule has 4 heterocycles. The highest BCUT2D eigenvalue weighted by Crippen LogP contribution is 2.33. The normalized spacial score (nSPS) is 21.2. The van der Waals surface area contributed by atoms with Gasteiger partial charge in [-0.25, -0.2) is 9.82 Å². The Bertz CT molecular complexity index is 1410. The van der Waals surface area contributed by atoms with Crippen LogP contribution in [0.3, 0.4) is 0 Å². The fraction of sp³-hybridized carbons (Fsp3) is 0.484. The number of rotatable bonds is 10. The van der Waals surface area contributed by atoms with Crippen molar-refractivity contribution in [1.82, 2.24) is 30.8 Å². The second-order valence-corrected chi connectivity index (χ2v) is 11.7. The van der Waals surface area contributed by atoms with Crippen molar-refractivity contribution < 1.29 is 23.9 Å². The first-order valence-corrected chi connectivity index (χ1v) is 15.1. The van der Waals surface area contributed by atoms with Crippen molar-refractivity contribution >= 4 is 34.7 Å². The van der Waals surface area contributed by atoms with Gasteiger partial charge in [0.2, 0.25) is 17.7 Å². The zero-order valence-corrected chi connectivity index (χ0v) is 25.0. The van der Waals surface area contributed by atoms with Gasteiger partial charge in [-0.05, 0) is 50.3 Å². The summed E-state index contributed by atoms with van der Waals surface area (Å²) in [7, 11) is 1.78. The van der Waals surface area contributed by atoms with Crippen LogP contribution in [0.2, 0.25) is 0 Å². The molecule has 0 aliphatic carbocycles. The minimum Gasteiger partial charge on any atom is -0.389 e. The topological polar surface area (TPSA) is 144 Å². The van der Waals surface area contributed by atoms with E-state index in [0.29, 0.717) is 56.8 Å². The maximum absolute atomic E-state index is 15.1. The minimum absolute atomic E-state index is 0.0423. The number of benzene rings is 1. The fourth-order valence-electron chi connectivity index (χ4n) is 6.10. The highest BCUT2D eigenvalue weighted by atomic mass is 19.1. The number of carbonyl (C=O) groups is 3. The number of nitrogens with one attached hydrogen (secondary N) is 4. The smallest absolute Gasteiger partial charge is 0.249 e. The van der Waals surface area contributed by atoms with Crippen LogP contribution in [0.4, 0.5) is 15.8 Å². The molecule has 3 amide bonds. The number of anilines is 2. The van der Waals surface area contributed by atoms with E-state index in [0.717, 1.165) is 24.0 Å². The minimum atomic E-state index is -1.14. The lowest BCUT2D eigenvalue weighted by atomic mass is 9.87. The second kappa shape index (κ2) is 13.6. The first kappa shape index (κ1) is 31.2. The largest absolute Gasteiger partial charge is 0.389 e. The number of aliphatic hydroxyl groups is 1. The quantitative estimate of drug-likeness (QED) is 0.156. The molecule has 1 aromatic carbocycles. The molecule has 3 fully saturated rings. The van der Waals surface area contributed by atoms with Crippen molar-refractivity contribution in [2.24, 2.45) is 0 Å². The van der Waals surface area contributed by atoms with Gasteiger partial charge in [-0.3, -0.25) is 24.4 Å². The molecule has 0 bridgehead atoms. The number of nitrogens with zero attached hydrogens (tertiary/aromatic N) is 4. The molecule has 1 atom stereocenters. The van der Waals surface area contributed by atoms with E-state index in [-0.39, 0.29) is 30.7 Å². The van der Waals surface area contributed by atoms with Crippen LogP contribution in [0.15, 0.2) is 49.4 Å². The van der Waals surface area contributed by atoms with Gasteiger partial charge in [-0.2, -0.15) is 5.10 Å². The average molecular weight is 609 g/mol. The van der Waals surface area contributed by atoms with Gasteiger partial charge in [0, 0.05) is 68.9 Å². The fourth-order valence-corrected chi connectivity index (χ4v) is 6.10. The van der Waals surface area contributed by atoms with Gasteiger partial charge >= 0.3 is 0 Å². The second-order valence-electron chi connectivity index (χ2n) is 11.7. The van der Waals surface area contributed by atoms with E-state index < -0.39 is 23.4 Å². The van der Waals surface area contributed by atoms with Crippen LogP contribution in [0, 0.1) is 5.82 Å². The molecule has 1 unspecified atom stereocenters. The Hall–Kier alpha value is -4.23. The highest BCUT2D eigenvalue weighted by molar-refractivity contribution is 6.01. The maximum atomic E-state index is 15.1. The van der Waals surface area contributed by atoms with Crippen molar-refractivity contribution in [1.29, 1.82) is 0 Å². The van der Waals surface area contributed by atoms with Crippen LogP contribution in [-0.2, 0) is 14.4 Å². The molecule has 3 saturated heterocycles. The predicted octanol–water partition coefficient (Wildman–Crippen LogP) is 2.08. The summed E-state index contributed by atoms with van der Waals surface area (Å²) < 4.78 is 17.0. The number of halogens is 1. The summed E-state index contributed by atoms with van der Waals surface area (Å²) in [6.07, 6.45) is 10.3. The third-order valence-corrected chi connectivity index (χ3v) is 8.76. The number of likely N-dealkylation sites (tertiary alicyclic amines) is 1. The van der Waals surface area contributed by atoms with E-state index in [4.69, 9.17) is 0 Å². The van der Waals surface area contributed by atoms with Crippen molar-refractivity contribution in [2.45, 2.75) is 62.6 Å². The first-order valence-electron chi connectivity index (χ1n) is 15.1. The Kier molecular flexibility index (Phi) is 9.64. The molecule has 5 rings (SSSR count). The van der Waals surface area contributed by atoms with Gasteiger partial charge in [0.15, 0.2) is 0 Å². The molecule has 44 heavy (non-hydrogen) atoms. The lowest BCUT2D eigenvalue weighted by molar-refractivity contribution is -0.139. The maximum Gasteiger partial charge on any atom is 0.249 e. The zero-order valence-electron chi connectivity index (χ0n) is 25.0. The molecular weight excluding hydrogens is 567 g/mol. The number of piperidine rings is 3. The van der Waals surface area contributed by atoms with Crippen LogP contribution in [0.1, 0.15) is 56.6 Å². The number of hydrazine groups is 1. The molecular formula is C31H41FN8O4. The van der Waals surface area contributed by atoms with Crippen LogP contribution in [0.25, 0.3) is 5.57 Å². The monoisotopic (exact) mass is 608 g/mol. The summed E-state index contributed by atoms with van der Waals surface area (Å²) in [5, 5.41) is 21.1. The van der Waals surface area contributed by atoms with Crippen LogP contribution < -0.4 is 26.4 Å². The molecule has 3 aliphatic heterocycles. The predicted molar refractivity (Wildman–Crippen MR) is 165 cm³/mol. The number of carbonyl (C=O) groups excluding carboxylic acids is 3.